The Morgan fingerprint density at radius 2 is 2.15 bits per heavy atom. The van der Waals surface area contributed by atoms with E-state index in [1.165, 1.54) is 11.1 Å². The van der Waals surface area contributed by atoms with Crippen molar-refractivity contribution in [3.05, 3.63) is 35.4 Å². The smallest absolute Gasteiger partial charge is 0.147 e. The summed E-state index contributed by atoms with van der Waals surface area (Å²) in [4.78, 5) is 0. The third kappa shape index (κ3) is 1.10. The highest BCUT2D eigenvalue weighted by Crippen LogP contribution is 2.40. The molecule has 0 amide bonds. The molecule has 1 fully saturated rings. The molecule has 0 N–H and O–H groups in total. The van der Waals surface area contributed by atoms with Crippen molar-refractivity contribution in [1.29, 1.82) is 0 Å². The molecule has 2 nitrogen and oxygen atoms in total. The van der Waals surface area contributed by atoms with E-state index in [9.17, 15) is 0 Å². The van der Waals surface area contributed by atoms with Crippen LogP contribution in [0.2, 0.25) is 0 Å². The van der Waals surface area contributed by atoms with E-state index in [2.05, 4.69) is 24.3 Å². The molecule has 1 saturated heterocycles. The first-order valence-corrected chi connectivity index (χ1v) is 4.72. The molecule has 0 aromatic heterocycles. The molecule has 3 rings (SSSR count). The number of benzene rings is 1. The highest BCUT2D eigenvalue weighted by molar-refractivity contribution is 5.34. The summed E-state index contributed by atoms with van der Waals surface area (Å²) < 4.78 is 10.9. The summed E-state index contributed by atoms with van der Waals surface area (Å²) in [5.74, 6) is 0.547. The summed E-state index contributed by atoms with van der Waals surface area (Å²) in [5.41, 5.74) is 2.80. The molecule has 2 atom stereocenters. The van der Waals surface area contributed by atoms with Crippen molar-refractivity contribution in [2.45, 2.75) is 12.5 Å². The summed E-state index contributed by atoms with van der Waals surface area (Å²) in [6.07, 6.45) is 1.41. The van der Waals surface area contributed by atoms with Crippen LogP contribution in [-0.2, 0) is 15.9 Å². The van der Waals surface area contributed by atoms with E-state index >= 15 is 0 Å². The van der Waals surface area contributed by atoms with Crippen molar-refractivity contribution in [2.24, 2.45) is 5.92 Å². The fraction of sp³-hybridized carbons (Fsp3) is 0.455. The van der Waals surface area contributed by atoms with Crippen LogP contribution in [0.5, 0.6) is 0 Å². The maximum absolute atomic E-state index is 5.61. The molecule has 1 aromatic carbocycles. The Bertz CT molecular complexity index is 322. The minimum Gasteiger partial charge on any atom is -0.355 e. The quantitative estimate of drug-likeness (QED) is 0.601. The van der Waals surface area contributed by atoms with E-state index in [-0.39, 0.29) is 0 Å². The molecule has 68 valence electrons. The van der Waals surface area contributed by atoms with Gasteiger partial charge >= 0.3 is 0 Å². The topological polar surface area (TPSA) is 18.5 Å². The lowest BCUT2D eigenvalue weighted by Gasteiger charge is -2.26. The summed E-state index contributed by atoms with van der Waals surface area (Å²) in [5, 5.41) is 0. The SMILES string of the molecule is c1ccc2c(c1)C[C@H]1COCO[C@H]21. The van der Waals surface area contributed by atoms with Crippen molar-refractivity contribution in [1.82, 2.24) is 0 Å². The van der Waals surface area contributed by atoms with E-state index in [1.807, 2.05) is 0 Å². The van der Waals surface area contributed by atoms with Gasteiger partial charge in [0.1, 0.15) is 6.79 Å². The van der Waals surface area contributed by atoms with E-state index in [0.29, 0.717) is 18.8 Å². The van der Waals surface area contributed by atoms with E-state index in [4.69, 9.17) is 9.47 Å². The van der Waals surface area contributed by atoms with Crippen LogP contribution < -0.4 is 0 Å². The van der Waals surface area contributed by atoms with Gasteiger partial charge in [0, 0.05) is 5.92 Å². The molecule has 1 aliphatic carbocycles. The molecule has 1 heterocycles. The molecular formula is C11H12O2. The molecule has 2 heteroatoms. The Hall–Kier alpha value is -0.860. The normalized spacial score (nSPS) is 31.1. The van der Waals surface area contributed by atoms with Crippen LogP contribution in [0.25, 0.3) is 0 Å². The number of ether oxygens (including phenoxy) is 2. The zero-order valence-corrected chi connectivity index (χ0v) is 7.40. The largest absolute Gasteiger partial charge is 0.355 e. The van der Waals surface area contributed by atoms with Gasteiger partial charge < -0.3 is 9.47 Å². The van der Waals surface area contributed by atoms with Gasteiger partial charge in [0.05, 0.1) is 12.7 Å². The molecule has 1 aliphatic heterocycles. The summed E-state index contributed by atoms with van der Waals surface area (Å²) >= 11 is 0. The second kappa shape index (κ2) is 2.82. The lowest BCUT2D eigenvalue weighted by molar-refractivity contribution is -0.166. The van der Waals surface area contributed by atoms with Gasteiger partial charge in [-0.05, 0) is 17.5 Å². The van der Waals surface area contributed by atoms with Gasteiger partial charge in [0.25, 0.3) is 0 Å². The summed E-state index contributed by atoms with van der Waals surface area (Å²) in [7, 11) is 0. The highest BCUT2D eigenvalue weighted by atomic mass is 16.7. The first-order chi connectivity index (χ1) is 6.45. The first-order valence-electron chi connectivity index (χ1n) is 4.72. The number of fused-ring (bicyclic) bond motifs is 3. The van der Waals surface area contributed by atoms with Gasteiger partial charge in [-0.15, -0.1) is 0 Å². The van der Waals surface area contributed by atoms with Crippen LogP contribution in [0.4, 0.5) is 0 Å². The Balaban J connectivity index is 2.01. The monoisotopic (exact) mass is 176 g/mol. The van der Waals surface area contributed by atoms with Crippen molar-refractivity contribution in [3.8, 4) is 0 Å². The van der Waals surface area contributed by atoms with Gasteiger partial charge in [-0.1, -0.05) is 24.3 Å². The van der Waals surface area contributed by atoms with Crippen LogP contribution in [0.15, 0.2) is 24.3 Å². The van der Waals surface area contributed by atoms with Crippen LogP contribution in [0.3, 0.4) is 0 Å². The summed E-state index contributed by atoms with van der Waals surface area (Å²) in [6.45, 7) is 1.30. The molecule has 1 aromatic rings. The molecule has 0 unspecified atom stereocenters. The molecule has 0 bridgehead atoms. The second-order valence-electron chi connectivity index (χ2n) is 3.74. The Labute approximate surface area is 77.5 Å². The second-order valence-corrected chi connectivity index (χ2v) is 3.74. The third-order valence-corrected chi connectivity index (χ3v) is 2.93. The van der Waals surface area contributed by atoms with Crippen molar-refractivity contribution in [2.75, 3.05) is 13.4 Å². The summed E-state index contributed by atoms with van der Waals surface area (Å²) in [6, 6.07) is 8.54. The van der Waals surface area contributed by atoms with Crippen molar-refractivity contribution < 1.29 is 9.47 Å². The maximum atomic E-state index is 5.61. The molecule has 13 heavy (non-hydrogen) atoms. The fourth-order valence-corrected chi connectivity index (χ4v) is 2.33. The molecule has 0 radical (unpaired) electrons. The predicted molar refractivity (Wildman–Crippen MR) is 48.3 cm³/mol. The van der Waals surface area contributed by atoms with Crippen molar-refractivity contribution in [3.63, 3.8) is 0 Å². The van der Waals surface area contributed by atoms with Crippen LogP contribution >= 0.6 is 0 Å². The predicted octanol–water partition coefficient (Wildman–Crippen LogP) is 1.90. The van der Waals surface area contributed by atoms with Crippen LogP contribution in [-0.4, -0.2) is 13.4 Å². The van der Waals surface area contributed by atoms with Crippen LogP contribution in [0, 0.1) is 5.92 Å². The van der Waals surface area contributed by atoms with Gasteiger partial charge in [-0.3, -0.25) is 0 Å². The third-order valence-electron chi connectivity index (χ3n) is 2.93. The highest BCUT2D eigenvalue weighted by Gasteiger charge is 2.35. The van der Waals surface area contributed by atoms with Crippen molar-refractivity contribution >= 4 is 0 Å². The van der Waals surface area contributed by atoms with Gasteiger partial charge in [0.2, 0.25) is 0 Å². The standard InChI is InChI=1S/C11H12O2/c1-2-4-10-8(3-1)5-9-6-12-7-13-11(9)10/h1-4,9,11H,5-7H2/t9-,11-/m0/s1. The Morgan fingerprint density at radius 1 is 1.23 bits per heavy atom. The molecule has 0 spiro atoms. The zero-order valence-electron chi connectivity index (χ0n) is 7.40. The average molecular weight is 176 g/mol. The Morgan fingerprint density at radius 3 is 3.15 bits per heavy atom. The molecule has 2 aliphatic rings. The Kier molecular flexibility index (Phi) is 1.64. The molecular weight excluding hydrogens is 164 g/mol. The lowest BCUT2D eigenvalue weighted by Crippen LogP contribution is -2.24. The zero-order chi connectivity index (χ0) is 8.67. The number of hydrogen-bond donors (Lipinski definition) is 0. The fourth-order valence-electron chi connectivity index (χ4n) is 2.33. The van der Waals surface area contributed by atoms with E-state index < -0.39 is 0 Å². The minimum absolute atomic E-state index is 0.296. The maximum Gasteiger partial charge on any atom is 0.147 e. The first kappa shape index (κ1) is 7.54. The number of rotatable bonds is 0. The van der Waals surface area contributed by atoms with E-state index in [0.717, 1.165) is 13.0 Å². The van der Waals surface area contributed by atoms with Gasteiger partial charge in [0.15, 0.2) is 0 Å². The van der Waals surface area contributed by atoms with Crippen LogP contribution in [0.1, 0.15) is 17.2 Å². The van der Waals surface area contributed by atoms with E-state index in [1.54, 1.807) is 0 Å². The average Bonchev–Trinajstić information content (AvgIpc) is 2.56. The lowest BCUT2D eigenvalue weighted by atomic mass is 10.0. The van der Waals surface area contributed by atoms with Gasteiger partial charge in [-0.2, -0.15) is 0 Å². The molecule has 0 saturated carbocycles. The number of hydrogen-bond acceptors (Lipinski definition) is 2. The minimum atomic E-state index is 0.296. The van der Waals surface area contributed by atoms with Gasteiger partial charge in [-0.25, -0.2) is 0 Å².